The third kappa shape index (κ3) is 6.15. The van der Waals surface area contributed by atoms with Gasteiger partial charge in [-0.15, -0.1) is 0 Å². The third-order valence-electron chi connectivity index (χ3n) is 4.28. The minimum Gasteiger partial charge on any atom is -0.497 e. The maximum absolute atomic E-state index is 13.3. The van der Waals surface area contributed by atoms with Gasteiger partial charge in [-0.05, 0) is 65.8 Å². The zero-order valence-electron chi connectivity index (χ0n) is 19.9. The van der Waals surface area contributed by atoms with E-state index in [1.807, 2.05) is 0 Å². The van der Waals surface area contributed by atoms with Crippen LogP contribution in [0.15, 0.2) is 30.3 Å². The lowest BCUT2D eigenvalue weighted by Crippen LogP contribution is -2.59. The topological polar surface area (TPSA) is 94.6 Å². The molecule has 0 N–H and O–H groups in total. The van der Waals surface area contributed by atoms with E-state index < -0.39 is 35.4 Å². The van der Waals surface area contributed by atoms with Gasteiger partial charge in [-0.1, -0.05) is 6.08 Å². The number of methoxy groups -OCH3 is 2. The lowest BCUT2D eigenvalue weighted by Gasteiger charge is -2.42. The van der Waals surface area contributed by atoms with Gasteiger partial charge in [0.05, 0.1) is 19.9 Å². The second-order valence-corrected chi connectivity index (χ2v) is 9.21. The zero-order valence-corrected chi connectivity index (χ0v) is 19.9. The second kappa shape index (κ2) is 9.50. The fourth-order valence-electron chi connectivity index (χ4n) is 3.01. The monoisotopic (exact) mass is 448 g/mol. The first kappa shape index (κ1) is 25.0. The number of hydrogen-bond donors (Lipinski definition) is 0. The van der Waals surface area contributed by atoms with E-state index >= 15 is 0 Å². The molecule has 0 saturated carbocycles. The summed E-state index contributed by atoms with van der Waals surface area (Å²) in [7, 11) is 2.77. The maximum Gasteiger partial charge on any atom is 0.434 e. The van der Waals surface area contributed by atoms with Crippen LogP contribution in [0.4, 0.5) is 9.59 Å². The van der Waals surface area contributed by atoms with E-state index in [0.29, 0.717) is 17.0 Å². The molecule has 0 unspecified atom stereocenters. The number of rotatable bonds is 3. The van der Waals surface area contributed by atoms with E-state index in [1.165, 1.54) is 7.11 Å². The first-order chi connectivity index (χ1) is 14.8. The number of hydrogen-bond acceptors (Lipinski definition) is 7. The molecule has 1 aliphatic heterocycles. The average molecular weight is 449 g/mol. The molecule has 0 bridgehead atoms. The number of esters is 1. The maximum atomic E-state index is 13.3. The van der Waals surface area contributed by atoms with Crippen molar-refractivity contribution < 1.29 is 33.3 Å². The molecule has 0 aliphatic carbocycles. The normalized spacial score (nSPS) is 16.8. The Hall–Kier alpha value is -3.23. The van der Waals surface area contributed by atoms with Crippen molar-refractivity contribution >= 4 is 23.9 Å². The largest absolute Gasteiger partial charge is 0.497 e. The molecule has 1 aliphatic rings. The standard InChI is InChI=1S/C23H32N2O7/c1-22(2,3)31-20(27)24-17(15-9-11-16(29-7)12-10-15)13-14-18(19(26)30-8)25(24)21(28)32-23(4,5)6/h9-13,18H,14H2,1-8H3/t18-/m1/s1. The number of hydrazine groups is 1. The molecule has 1 atom stereocenters. The van der Waals surface area contributed by atoms with Gasteiger partial charge in [0, 0.05) is 12.0 Å². The van der Waals surface area contributed by atoms with Crippen molar-refractivity contribution in [2.45, 2.75) is 65.2 Å². The molecule has 0 saturated heterocycles. The third-order valence-corrected chi connectivity index (χ3v) is 4.28. The molecule has 1 aromatic carbocycles. The Morgan fingerprint density at radius 3 is 1.88 bits per heavy atom. The van der Waals surface area contributed by atoms with Crippen LogP contribution in [-0.2, 0) is 19.0 Å². The van der Waals surface area contributed by atoms with E-state index in [4.69, 9.17) is 18.9 Å². The summed E-state index contributed by atoms with van der Waals surface area (Å²) >= 11 is 0. The second-order valence-electron chi connectivity index (χ2n) is 9.21. The summed E-state index contributed by atoms with van der Waals surface area (Å²) in [6.45, 7) is 10.2. The Morgan fingerprint density at radius 2 is 1.41 bits per heavy atom. The van der Waals surface area contributed by atoms with Gasteiger partial charge in [0.2, 0.25) is 0 Å². The minimum atomic E-state index is -1.11. The Bertz CT molecular complexity index is 879. The van der Waals surface area contributed by atoms with Crippen LogP contribution in [0.1, 0.15) is 53.5 Å². The lowest BCUT2D eigenvalue weighted by molar-refractivity contribution is -0.152. The molecule has 0 radical (unpaired) electrons. The quantitative estimate of drug-likeness (QED) is 0.500. The Labute approximate surface area is 188 Å². The highest BCUT2D eigenvalue weighted by Gasteiger charge is 2.45. The Morgan fingerprint density at radius 1 is 0.875 bits per heavy atom. The summed E-state index contributed by atoms with van der Waals surface area (Å²) in [5.41, 5.74) is -0.722. The molecule has 9 heteroatoms. The average Bonchev–Trinajstić information content (AvgIpc) is 2.69. The van der Waals surface area contributed by atoms with Crippen molar-refractivity contribution in [1.29, 1.82) is 0 Å². The first-order valence-electron chi connectivity index (χ1n) is 10.2. The molecule has 2 rings (SSSR count). The molecule has 1 heterocycles. The van der Waals surface area contributed by atoms with Crippen LogP contribution in [0.3, 0.4) is 0 Å². The molecule has 2 amide bonds. The fraction of sp³-hybridized carbons (Fsp3) is 0.522. The van der Waals surface area contributed by atoms with E-state index in [0.717, 1.165) is 10.0 Å². The number of carbonyl (C=O) groups excluding carboxylic acids is 3. The highest BCUT2D eigenvalue weighted by atomic mass is 16.6. The predicted molar refractivity (Wildman–Crippen MR) is 118 cm³/mol. The Balaban J connectivity index is 2.62. The van der Waals surface area contributed by atoms with Gasteiger partial charge in [-0.25, -0.2) is 14.4 Å². The first-order valence-corrected chi connectivity index (χ1v) is 10.2. The van der Waals surface area contributed by atoms with Crippen LogP contribution in [0.5, 0.6) is 5.75 Å². The van der Waals surface area contributed by atoms with E-state index in [1.54, 1.807) is 79.0 Å². The molecule has 0 spiro atoms. The van der Waals surface area contributed by atoms with Crippen LogP contribution in [0.2, 0.25) is 0 Å². The number of nitrogens with zero attached hydrogens (tertiary/aromatic N) is 2. The van der Waals surface area contributed by atoms with Gasteiger partial charge >= 0.3 is 18.2 Å². The summed E-state index contributed by atoms with van der Waals surface area (Å²) in [6.07, 6.45) is 0.0951. The smallest absolute Gasteiger partial charge is 0.434 e. The minimum absolute atomic E-state index is 0.118. The van der Waals surface area contributed by atoms with Crippen LogP contribution in [0.25, 0.3) is 5.70 Å². The van der Waals surface area contributed by atoms with Crippen molar-refractivity contribution in [1.82, 2.24) is 10.0 Å². The van der Waals surface area contributed by atoms with E-state index in [9.17, 15) is 14.4 Å². The zero-order chi connectivity index (χ0) is 24.3. The van der Waals surface area contributed by atoms with Crippen LogP contribution in [0, 0.1) is 0 Å². The van der Waals surface area contributed by atoms with Gasteiger partial charge in [0.1, 0.15) is 17.0 Å². The van der Waals surface area contributed by atoms with Crippen LogP contribution >= 0.6 is 0 Å². The van der Waals surface area contributed by atoms with Crippen LogP contribution in [-0.4, -0.2) is 59.6 Å². The fourth-order valence-corrected chi connectivity index (χ4v) is 3.01. The molecule has 0 aromatic heterocycles. The summed E-state index contributed by atoms with van der Waals surface area (Å²) < 4.78 is 21.2. The summed E-state index contributed by atoms with van der Waals surface area (Å²) in [5.74, 6) is -0.0557. The van der Waals surface area contributed by atoms with Crippen molar-refractivity contribution in [3.8, 4) is 5.75 Å². The number of carbonyl (C=O) groups is 3. The van der Waals surface area contributed by atoms with E-state index in [2.05, 4.69) is 0 Å². The lowest BCUT2D eigenvalue weighted by atomic mass is 10.0. The number of benzene rings is 1. The number of ether oxygens (including phenoxy) is 4. The molecule has 9 nitrogen and oxygen atoms in total. The van der Waals surface area contributed by atoms with Gasteiger partial charge in [-0.2, -0.15) is 10.0 Å². The SMILES string of the molecule is COC(=O)[C@H]1CC=C(c2ccc(OC)cc2)N(C(=O)OC(C)(C)C)N1C(=O)OC(C)(C)C. The van der Waals surface area contributed by atoms with E-state index in [-0.39, 0.29) is 6.42 Å². The molecule has 0 fully saturated rings. The van der Waals surface area contributed by atoms with Gasteiger partial charge in [0.15, 0.2) is 6.04 Å². The van der Waals surface area contributed by atoms with Crippen molar-refractivity contribution in [2.24, 2.45) is 0 Å². The summed E-state index contributed by atoms with van der Waals surface area (Å²) in [6, 6.07) is 5.84. The van der Waals surface area contributed by atoms with Gasteiger partial charge in [-0.3, -0.25) is 0 Å². The van der Waals surface area contributed by atoms with Crippen molar-refractivity contribution in [2.75, 3.05) is 14.2 Å². The number of amides is 2. The molecule has 176 valence electrons. The summed E-state index contributed by atoms with van der Waals surface area (Å²) in [5, 5.41) is 2.00. The highest BCUT2D eigenvalue weighted by molar-refractivity contribution is 5.90. The molecular weight excluding hydrogens is 416 g/mol. The van der Waals surface area contributed by atoms with Crippen molar-refractivity contribution in [3.63, 3.8) is 0 Å². The molecule has 32 heavy (non-hydrogen) atoms. The molecular formula is C23H32N2O7. The summed E-state index contributed by atoms with van der Waals surface area (Å²) in [4.78, 5) is 39.0. The molecule has 1 aromatic rings. The van der Waals surface area contributed by atoms with Crippen molar-refractivity contribution in [3.05, 3.63) is 35.9 Å². The predicted octanol–water partition coefficient (Wildman–Crippen LogP) is 4.37. The van der Waals surface area contributed by atoms with Gasteiger partial charge < -0.3 is 18.9 Å². The highest BCUT2D eigenvalue weighted by Crippen LogP contribution is 2.33. The van der Waals surface area contributed by atoms with Crippen LogP contribution < -0.4 is 4.74 Å². The van der Waals surface area contributed by atoms with Gasteiger partial charge in [0.25, 0.3) is 0 Å². The Kier molecular flexibility index (Phi) is 7.43.